The molecule has 14 heavy (non-hydrogen) atoms. The van der Waals surface area contributed by atoms with Crippen LogP contribution >= 0.6 is 0 Å². The van der Waals surface area contributed by atoms with Gasteiger partial charge in [-0.3, -0.25) is 9.59 Å². The van der Waals surface area contributed by atoms with Crippen molar-refractivity contribution in [2.45, 2.75) is 38.6 Å². The Morgan fingerprint density at radius 2 is 2.00 bits per heavy atom. The molecule has 0 aromatic rings. The molecule has 0 spiro atoms. The third kappa shape index (κ3) is 6.42. The molecule has 1 amide bonds. The SMILES string of the molecule is C[C@H](NC(=O)CCCCCN)C(=O)O. The number of nitrogens with two attached hydrogens (primary N) is 1. The van der Waals surface area contributed by atoms with Crippen LogP contribution in [0.5, 0.6) is 0 Å². The van der Waals surface area contributed by atoms with Crippen LogP contribution in [0.15, 0.2) is 0 Å². The van der Waals surface area contributed by atoms with Crippen LogP contribution < -0.4 is 11.1 Å². The second-order valence-corrected chi connectivity index (χ2v) is 3.23. The zero-order valence-corrected chi connectivity index (χ0v) is 8.45. The van der Waals surface area contributed by atoms with Gasteiger partial charge in [0.25, 0.3) is 0 Å². The molecule has 0 bridgehead atoms. The van der Waals surface area contributed by atoms with Gasteiger partial charge in [0.15, 0.2) is 0 Å². The van der Waals surface area contributed by atoms with E-state index >= 15 is 0 Å². The van der Waals surface area contributed by atoms with Crippen molar-refractivity contribution < 1.29 is 14.7 Å². The van der Waals surface area contributed by atoms with Gasteiger partial charge in [-0.15, -0.1) is 0 Å². The van der Waals surface area contributed by atoms with E-state index in [2.05, 4.69) is 5.32 Å². The molecule has 1 atom stereocenters. The quantitative estimate of drug-likeness (QED) is 0.510. The Labute approximate surface area is 83.7 Å². The van der Waals surface area contributed by atoms with Crippen molar-refractivity contribution in [3.63, 3.8) is 0 Å². The van der Waals surface area contributed by atoms with Crippen molar-refractivity contribution in [1.29, 1.82) is 0 Å². The molecule has 0 saturated heterocycles. The predicted octanol–water partition coefficient (Wildman–Crippen LogP) is 0.0948. The molecule has 0 aromatic carbocycles. The molecule has 0 heterocycles. The lowest BCUT2D eigenvalue weighted by Crippen LogP contribution is -2.38. The first kappa shape index (κ1) is 12.9. The average Bonchev–Trinajstić information content (AvgIpc) is 2.12. The van der Waals surface area contributed by atoms with Crippen LogP contribution in [0.1, 0.15) is 32.6 Å². The Morgan fingerprint density at radius 1 is 1.36 bits per heavy atom. The summed E-state index contributed by atoms with van der Waals surface area (Å²) in [6, 6.07) is -0.808. The lowest BCUT2D eigenvalue weighted by molar-refractivity contribution is -0.141. The fourth-order valence-corrected chi connectivity index (χ4v) is 0.982. The molecule has 0 aromatic heterocycles. The minimum absolute atomic E-state index is 0.211. The van der Waals surface area contributed by atoms with Crippen LogP contribution in [-0.4, -0.2) is 29.6 Å². The van der Waals surface area contributed by atoms with Gasteiger partial charge in [-0.05, 0) is 26.3 Å². The number of carbonyl (C=O) groups excluding carboxylic acids is 1. The zero-order valence-electron chi connectivity index (χ0n) is 8.45. The van der Waals surface area contributed by atoms with Gasteiger partial charge < -0.3 is 16.2 Å². The zero-order chi connectivity index (χ0) is 11.0. The van der Waals surface area contributed by atoms with Gasteiger partial charge in [0.05, 0.1) is 0 Å². The summed E-state index contributed by atoms with van der Waals surface area (Å²) in [5.41, 5.74) is 5.29. The smallest absolute Gasteiger partial charge is 0.325 e. The van der Waals surface area contributed by atoms with E-state index < -0.39 is 12.0 Å². The highest BCUT2D eigenvalue weighted by molar-refractivity contribution is 5.83. The summed E-state index contributed by atoms with van der Waals surface area (Å²) in [6.07, 6.45) is 2.94. The van der Waals surface area contributed by atoms with Gasteiger partial charge >= 0.3 is 5.97 Å². The van der Waals surface area contributed by atoms with Crippen molar-refractivity contribution in [2.24, 2.45) is 5.73 Å². The number of aliphatic carboxylic acids is 1. The average molecular weight is 202 g/mol. The minimum atomic E-state index is -1.01. The number of carboxylic acids is 1. The topological polar surface area (TPSA) is 92.4 Å². The molecule has 4 N–H and O–H groups in total. The molecule has 0 rings (SSSR count). The number of carboxylic acid groups (broad SMARTS) is 1. The van der Waals surface area contributed by atoms with E-state index in [9.17, 15) is 9.59 Å². The first-order valence-electron chi connectivity index (χ1n) is 4.80. The number of amides is 1. The fraction of sp³-hybridized carbons (Fsp3) is 0.778. The lowest BCUT2D eigenvalue weighted by Gasteiger charge is -2.08. The number of nitrogens with one attached hydrogen (secondary N) is 1. The van der Waals surface area contributed by atoms with Crippen molar-refractivity contribution in [3.05, 3.63) is 0 Å². The van der Waals surface area contributed by atoms with Crippen molar-refractivity contribution >= 4 is 11.9 Å². The Balaban J connectivity index is 3.50. The molecule has 82 valence electrons. The molecule has 5 heteroatoms. The van der Waals surface area contributed by atoms with Crippen LogP contribution in [0.2, 0.25) is 0 Å². The Morgan fingerprint density at radius 3 is 2.50 bits per heavy atom. The third-order valence-corrected chi connectivity index (χ3v) is 1.86. The Hall–Kier alpha value is -1.10. The van der Waals surface area contributed by atoms with Gasteiger partial charge in [0.2, 0.25) is 5.91 Å². The van der Waals surface area contributed by atoms with Crippen LogP contribution in [0, 0.1) is 0 Å². The molecule has 0 fully saturated rings. The van der Waals surface area contributed by atoms with Crippen LogP contribution in [-0.2, 0) is 9.59 Å². The second kappa shape index (κ2) is 7.32. The molecule has 0 aliphatic rings. The highest BCUT2D eigenvalue weighted by Gasteiger charge is 2.12. The van der Waals surface area contributed by atoms with Gasteiger partial charge in [0.1, 0.15) is 6.04 Å². The highest BCUT2D eigenvalue weighted by atomic mass is 16.4. The maximum Gasteiger partial charge on any atom is 0.325 e. The summed E-state index contributed by atoms with van der Waals surface area (Å²) in [7, 11) is 0. The molecule has 0 saturated carbocycles. The van der Waals surface area contributed by atoms with Crippen molar-refractivity contribution in [2.75, 3.05) is 6.54 Å². The molecular formula is C9H18N2O3. The van der Waals surface area contributed by atoms with Gasteiger partial charge in [0, 0.05) is 6.42 Å². The predicted molar refractivity (Wildman–Crippen MR) is 52.8 cm³/mol. The standard InChI is InChI=1S/C9H18N2O3/c1-7(9(13)14)11-8(12)5-3-2-4-6-10/h7H,2-6,10H2,1H3,(H,11,12)(H,13,14)/t7-/m0/s1. The third-order valence-electron chi connectivity index (χ3n) is 1.86. The summed E-state index contributed by atoms with van der Waals surface area (Å²) in [6.45, 7) is 2.08. The van der Waals surface area contributed by atoms with Crippen molar-refractivity contribution in [3.8, 4) is 0 Å². The summed E-state index contributed by atoms with van der Waals surface area (Å²) >= 11 is 0. The lowest BCUT2D eigenvalue weighted by atomic mass is 10.2. The Kier molecular flexibility index (Phi) is 6.74. The van der Waals surface area contributed by atoms with Crippen LogP contribution in [0.4, 0.5) is 0 Å². The van der Waals surface area contributed by atoms with E-state index in [0.29, 0.717) is 13.0 Å². The van der Waals surface area contributed by atoms with Crippen LogP contribution in [0.3, 0.4) is 0 Å². The number of unbranched alkanes of at least 4 members (excludes halogenated alkanes) is 2. The highest BCUT2D eigenvalue weighted by Crippen LogP contribution is 1.98. The first-order chi connectivity index (χ1) is 6.57. The van der Waals surface area contributed by atoms with Crippen molar-refractivity contribution in [1.82, 2.24) is 5.32 Å². The minimum Gasteiger partial charge on any atom is -0.480 e. The Bertz CT molecular complexity index is 194. The molecular weight excluding hydrogens is 184 g/mol. The number of carbonyl (C=O) groups is 2. The fourth-order valence-electron chi connectivity index (χ4n) is 0.982. The first-order valence-corrected chi connectivity index (χ1v) is 4.80. The summed E-state index contributed by atoms with van der Waals surface area (Å²) in [5, 5.41) is 10.9. The monoisotopic (exact) mass is 202 g/mol. The largest absolute Gasteiger partial charge is 0.480 e. The van der Waals surface area contributed by atoms with Gasteiger partial charge in [-0.1, -0.05) is 6.42 Å². The van der Waals surface area contributed by atoms with Gasteiger partial charge in [-0.2, -0.15) is 0 Å². The summed E-state index contributed by atoms with van der Waals surface area (Å²) in [4.78, 5) is 21.5. The molecule has 5 nitrogen and oxygen atoms in total. The summed E-state index contributed by atoms with van der Waals surface area (Å²) < 4.78 is 0. The normalized spacial score (nSPS) is 12.1. The second-order valence-electron chi connectivity index (χ2n) is 3.23. The summed E-state index contributed by atoms with van der Waals surface area (Å²) in [5.74, 6) is -1.22. The van der Waals surface area contributed by atoms with E-state index in [1.807, 2.05) is 0 Å². The van der Waals surface area contributed by atoms with E-state index in [-0.39, 0.29) is 5.91 Å². The van der Waals surface area contributed by atoms with Gasteiger partial charge in [-0.25, -0.2) is 0 Å². The number of hydrogen-bond acceptors (Lipinski definition) is 3. The number of rotatable bonds is 7. The van der Waals surface area contributed by atoms with E-state index in [1.54, 1.807) is 0 Å². The van der Waals surface area contributed by atoms with E-state index in [0.717, 1.165) is 19.3 Å². The molecule has 0 unspecified atom stereocenters. The van der Waals surface area contributed by atoms with E-state index in [4.69, 9.17) is 10.8 Å². The van der Waals surface area contributed by atoms with E-state index in [1.165, 1.54) is 6.92 Å². The number of hydrogen-bond donors (Lipinski definition) is 3. The maximum absolute atomic E-state index is 11.1. The molecule has 0 radical (unpaired) electrons. The maximum atomic E-state index is 11.1. The molecule has 0 aliphatic heterocycles. The molecule has 0 aliphatic carbocycles. The van der Waals surface area contributed by atoms with Crippen LogP contribution in [0.25, 0.3) is 0 Å².